The maximum Gasteiger partial charge on any atom is 0.224 e. The van der Waals surface area contributed by atoms with Gasteiger partial charge < -0.3 is 11.1 Å². The number of carbonyl (C=O) groups excluding carboxylic acids is 1. The van der Waals surface area contributed by atoms with E-state index >= 15 is 0 Å². The number of nitrogen functional groups attached to an aromatic ring is 1. The highest BCUT2D eigenvalue weighted by Gasteiger charge is 2.05. The van der Waals surface area contributed by atoms with Gasteiger partial charge in [-0.1, -0.05) is 12.1 Å². The summed E-state index contributed by atoms with van der Waals surface area (Å²) in [5.41, 5.74) is 7.78. The first-order valence-electron chi connectivity index (χ1n) is 6.14. The molecule has 104 valence electrons. The molecule has 0 heterocycles. The lowest BCUT2D eigenvalue weighted by molar-refractivity contribution is -0.116. The van der Waals surface area contributed by atoms with Crippen LogP contribution in [0.5, 0.6) is 0 Å². The number of halogens is 2. The highest BCUT2D eigenvalue weighted by Crippen LogP contribution is 2.19. The van der Waals surface area contributed by atoms with Crippen LogP contribution in [0.25, 0.3) is 0 Å². The minimum Gasteiger partial charge on any atom is -0.399 e. The molecular weight excluding hydrogens is 323 g/mol. The van der Waals surface area contributed by atoms with Gasteiger partial charge in [0.25, 0.3) is 0 Å². The molecule has 5 heteroatoms. The quantitative estimate of drug-likeness (QED) is 0.835. The van der Waals surface area contributed by atoms with Gasteiger partial charge in [-0.2, -0.15) is 0 Å². The van der Waals surface area contributed by atoms with Gasteiger partial charge in [-0.05, 0) is 58.2 Å². The summed E-state index contributed by atoms with van der Waals surface area (Å²) in [6, 6.07) is 11.9. The Labute approximate surface area is 125 Å². The molecule has 2 aromatic carbocycles. The second-order valence-electron chi connectivity index (χ2n) is 4.42. The highest BCUT2D eigenvalue weighted by molar-refractivity contribution is 9.10. The van der Waals surface area contributed by atoms with Gasteiger partial charge in [-0.3, -0.25) is 4.79 Å². The molecule has 2 rings (SSSR count). The van der Waals surface area contributed by atoms with Crippen LogP contribution in [0.3, 0.4) is 0 Å². The molecule has 0 aliphatic carbocycles. The van der Waals surface area contributed by atoms with E-state index in [1.807, 2.05) is 12.1 Å². The van der Waals surface area contributed by atoms with Crippen molar-refractivity contribution in [3.8, 4) is 0 Å². The molecule has 0 aliphatic heterocycles. The summed E-state index contributed by atoms with van der Waals surface area (Å²) in [7, 11) is 0. The lowest BCUT2D eigenvalue weighted by Gasteiger charge is -2.06. The van der Waals surface area contributed by atoms with Crippen molar-refractivity contribution in [1.82, 2.24) is 0 Å². The molecule has 0 aliphatic rings. The first-order chi connectivity index (χ1) is 9.54. The lowest BCUT2D eigenvalue weighted by Crippen LogP contribution is -2.12. The van der Waals surface area contributed by atoms with E-state index in [0.717, 1.165) is 5.56 Å². The molecule has 3 nitrogen and oxygen atoms in total. The van der Waals surface area contributed by atoms with E-state index in [1.165, 1.54) is 6.07 Å². The number of nitrogens with two attached hydrogens (primary N) is 1. The number of carbonyl (C=O) groups is 1. The smallest absolute Gasteiger partial charge is 0.224 e. The summed E-state index contributed by atoms with van der Waals surface area (Å²) in [6.07, 6.45) is 0.951. The van der Waals surface area contributed by atoms with Crippen LogP contribution in [0, 0.1) is 5.82 Å². The van der Waals surface area contributed by atoms with Crippen molar-refractivity contribution in [2.75, 3.05) is 11.1 Å². The molecule has 0 bridgehead atoms. The Bertz CT molecular complexity index is 614. The van der Waals surface area contributed by atoms with Crippen molar-refractivity contribution < 1.29 is 9.18 Å². The maximum atomic E-state index is 13.3. The predicted octanol–water partition coefficient (Wildman–Crippen LogP) is 3.74. The van der Waals surface area contributed by atoms with Crippen molar-refractivity contribution in [2.45, 2.75) is 12.8 Å². The summed E-state index contributed by atoms with van der Waals surface area (Å²) in [6.45, 7) is 0. The molecule has 0 saturated heterocycles. The van der Waals surface area contributed by atoms with Crippen molar-refractivity contribution in [2.24, 2.45) is 0 Å². The molecule has 0 unspecified atom stereocenters. The summed E-state index contributed by atoms with van der Waals surface area (Å²) in [5.74, 6) is -0.551. The second kappa shape index (κ2) is 6.52. The van der Waals surface area contributed by atoms with Crippen LogP contribution in [0.4, 0.5) is 15.8 Å². The number of aryl methyl sites for hydroxylation is 1. The van der Waals surface area contributed by atoms with Crippen molar-refractivity contribution in [3.05, 3.63) is 58.3 Å². The van der Waals surface area contributed by atoms with E-state index in [9.17, 15) is 9.18 Å². The van der Waals surface area contributed by atoms with Gasteiger partial charge in [-0.15, -0.1) is 0 Å². The van der Waals surface area contributed by atoms with E-state index < -0.39 is 5.82 Å². The highest BCUT2D eigenvalue weighted by atomic mass is 79.9. The van der Waals surface area contributed by atoms with Crippen molar-refractivity contribution >= 4 is 33.2 Å². The normalized spacial score (nSPS) is 10.3. The average Bonchev–Trinajstić information content (AvgIpc) is 2.42. The number of nitrogens with one attached hydrogen (secondary N) is 1. The minimum atomic E-state index is -0.402. The van der Waals surface area contributed by atoms with Crippen LogP contribution < -0.4 is 11.1 Å². The van der Waals surface area contributed by atoms with E-state index in [2.05, 4.69) is 21.2 Å². The van der Waals surface area contributed by atoms with Gasteiger partial charge in [0.15, 0.2) is 0 Å². The number of anilines is 2. The van der Waals surface area contributed by atoms with Crippen molar-refractivity contribution in [3.63, 3.8) is 0 Å². The fourth-order valence-corrected chi connectivity index (χ4v) is 1.99. The summed E-state index contributed by atoms with van der Waals surface area (Å²) < 4.78 is 13.7. The zero-order valence-electron chi connectivity index (χ0n) is 10.7. The Hall–Kier alpha value is -1.88. The minimum absolute atomic E-state index is 0.149. The Morgan fingerprint density at radius 1 is 1.20 bits per heavy atom. The molecule has 1 amide bonds. The number of rotatable bonds is 4. The third-order valence-electron chi connectivity index (χ3n) is 2.82. The van der Waals surface area contributed by atoms with E-state index in [-0.39, 0.29) is 5.91 Å². The molecule has 0 fully saturated rings. The van der Waals surface area contributed by atoms with Gasteiger partial charge in [0, 0.05) is 17.8 Å². The topological polar surface area (TPSA) is 55.1 Å². The summed E-state index contributed by atoms with van der Waals surface area (Å²) in [5, 5.41) is 2.67. The summed E-state index contributed by atoms with van der Waals surface area (Å²) >= 11 is 3.06. The first kappa shape index (κ1) is 14.5. The third kappa shape index (κ3) is 4.06. The summed E-state index contributed by atoms with van der Waals surface area (Å²) in [4.78, 5) is 11.8. The average molecular weight is 337 g/mol. The lowest BCUT2D eigenvalue weighted by atomic mass is 10.1. The van der Waals surface area contributed by atoms with Crippen LogP contribution in [0.2, 0.25) is 0 Å². The van der Waals surface area contributed by atoms with Gasteiger partial charge >= 0.3 is 0 Å². The zero-order chi connectivity index (χ0) is 14.5. The Kier molecular flexibility index (Phi) is 4.74. The monoisotopic (exact) mass is 336 g/mol. The maximum absolute atomic E-state index is 13.3. The molecule has 0 atom stereocenters. The van der Waals surface area contributed by atoms with Gasteiger partial charge in [0.2, 0.25) is 5.91 Å². The number of benzene rings is 2. The molecular formula is C15H14BrFN2O. The van der Waals surface area contributed by atoms with Crippen LogP contribution in [0.1, 0.15) is 12.0 Å². The second-order valence-corrected chi connectivity index (χ2v) is 5.27. The predicted molar refractivity (Wildman–Crippen MR) is 81.9 cm³/mol. The van der Waals surface area contributed by atoms with Crippen molar-refractivity contribution in [1.29, 1.82) is 0 Å². The first-order valence-corrected chi connectivity index (χ1v) is 6.93. The molecule has 3 N–H and O–H groups in total. The molecule has 0 aromatic heterocycles. The van der Waals surface area contributed by atoms with E-state index in [4.69, 9.17) is 5.73 Å². The number of amides is 1. The Balaban J connectivity index is 1.89. The van der Waals surface area contributed by atoms with Crippen LogP contribution in [-0.4, -0.2) is 5.91 Å². The van der Waals surface area contributed by atoms with E-state index in [0.29, 0.717) is 28.7 Å². The molecule has 0 spiro atoms. The van der Waals surface area contributed by atoms with Gasteiger partial charge in [-0.25, -0.2) is 4.39 Å². The Morgan fingerprint density at radius 3 is 2.55 bits per heavy atom. The molecule has 0 saturated carbocycles. The van der Waals surface area contributed by atoms with Crippen LogP contribution >= 0.6 is 15.9 Å². The standard InChI is InChI=1S/C15H14BrFN2O/c16-13-7-6-12(9-14(13)17)19-15(20)8-3-10-1-4-11(18)5-2-10/h1-2,4-7,9H,3,8,18H2,(H,19,20). The Morgan fingerprint density at radius 2 is 1.90 bits per heavy atom. The fourth-order valence-electron chi connectivity index (χ4n) is 1.74. The molecule has 2 aromatic rings. The van der Waals surface area contributed by atoms with Gasteiger partial charge in [0.05, 0.1) is 4.47 Å². The zero-order valence-corrected chi connectivity index (χ0v) is 12.3. The third-order valence-corrected chi connectivity index (χ3v) is 3.47. The SMILES string of the molecule is Nc1ccc(CCC(=O)Nc2ccc(Br)c(F)c2)cc1. The van der Waals surface area contributed by atoms with E-state index in [1.54, 1.807) is 24.3 Å². The fraction of sp³-hybridized carbons (Fsp3) is 0.133. The molecule has 0 radical (unpaired) electrons. The van der Waals surface area contributed by atoms with Crippen LogP contribution in [-0.2, 0) is 11.2 Å². The molecule has 20 heavy (non-hydrogen) atoms. The number of hydrogen-bond donors (Lipinski definition) is 2. The largest absolute Gasteiger partial charge is 0.399 e. The van der Waals surface area contributed by atoms with Crippen LogP contribution in [0.15, 0.2) is 46.9 Å². The number of hydrogen-bond acceptors (Lipinski definition) is 2. The van der Waals surface area contributed by atoms with Gasteiger partial charge in [0.1, 0.15) is 5.82 Å².